The van der Waals surface area contributed by atoms with E-state index in [0.717, 1.165) is 51.4 Å². The number of hydrogen-bond donors (Lipinski definition) is 3. The Kier molecular flexibility index (Phi) is 9.15. The van der Waals surface area contributed by atoms with Gasteiger partial charge in [-0.2, -0.15) is 0 Å². The Labute approximate surface area is 314 Å². The third kappa shape index (κ3) is 6.37. The van der Waals surface area contributed by atoms with Crippen LogP contribution in [0.15, 0.2) is 60.2 Å². The van der Waals surface area contributed by atoms with E-state index >= 15 is 0 Å². The summed E-state index contributed by atoms with van der Waals surface area (Å²) in [6, 6.07) is 9.81. The van der Waals surface area contributed by atoms with Gasteiger partial charge in [0, 0.05) is 75.0 Å². The molecule has 3 N–H and O–H groups in total. The van der Waals surface area contributed by atoms with Crippen molar-refractivity contribution in [3.8, 4) is 11.1 Å². The van der Waals surface area contributed by atoms with Crippen molar-refractivity contribution in [1.29, 1.82) is 0 Å². The maximum atomic E-state index is 13.9. The Morgan fingerprint density at radius 2 is 1.93 bits per heavy atom. The van der Waals surface area contributed by atoms with E-state index in [4.69, 9.17) is 9.72 Å². The summed E-state index contributed by atoms with van der Waals surface area (Å²) in [6.45, 7) is 15.0. The second kappa shape index (κ2) is 13.8. The number of piperazine rings is 1. The molecule has 1 atom stereocenters. The van der Waals surface area contributed by atoms with E-state index in [0.29, 0.717) is 59.0 Å². The molecule has 8 rings (SSSR count). The van der Waals surface area contributed by atoms with E-state index in [1.165, 1.54) is 21.9 Å². The molecular formula is C40H47N9O5. The highest BCUT2D eigenvalue weighted by atomic mass is 16.5. The lowest BCUT2D eigenvalue weighted by atomic mass is 9.90. The molecule has 0 spiro atoms. The number of amides is 2. The lowest BCUT2D eigenvalue weighted by molar-refractivity contribution is -0.111. The van der Waals surface area contributed by atoms with Crippen LogP contribution >= 0.6 is 0 Å². The van der Waals surface area contributed by atoms with Gasteiger partial charge in [-0.25, -0.2) is 9.97 Å². The smallest absolute Gasteiger partial charge is 0.276 e. The predicted molar refractivity (Wildman–Crippen MR) is 207 cm³/mol. The number of aliphatic hydroxyl groups excluding tert-OH is 1. The van der Waals surface area contributed by atoms with E-state index in [1.54, 1.807) is 42.5 Å². The number of nitrogens with one attached hydrogen (secondary N) is 2. The van der Waals surface area contributed by atoms with Crippen LogP contribution in [0.5, 0.6) is 0 Å². The molecule has 3 aliphatic heterocycles. The number of pyridine rings is 3. The Morgan fingerprint density at radius 3 is 2.65 bits per heavy atom. The fraction of sp³-hybridized carbons (Fsp3) is 0.425. The second-order valence-corrected chi connectivity index (χ2v) is 15.6. The van der Waals surface area contributed by atoms with Crippen molar-refractivity contribution in [3.63, 3.8) is 0 Å². The highest BCUT2D eigenvalue weighted by molar-refractivity contribution is 6.06. The van der Waals surface area contributed by atoms with Gasteiger partial charge in [-0.05, 0) is 72.7 Å². The molecule has 2 fully saturated rings. The molecule has 4 aromatic rings. The summed E-state index contributed by atoms with van der Waals surface area (Å²) < 4.78 is 9.02. The summed E-state index contributed by atoms with van der Waals surface area (Å²) in [4.78, 5) is 55.7. The molecule has 2 saturated heterocycles. The standard InChI is InChI=1S/C40H47N9O5/c1-6-35(51)44-36-31(47-12-11-46(19-24(47)2)27-22-54-23-27)7-8-34(43-36)42-30-15-26(20-45(5)38(30)52)28-9-10-41-37(29(28)21-50)49-14-13-48-32(39(49)53)16-25-17-40(3,4)18-33(25)48/h6-10,15-16,20,24,27,50H,1,11-14,17-19,21-23H2,2-5H3,(H2,42,43,44,51). The summed E-state index contributed by atoms with van der Waals surface area (Å²) in [6.07, 6.45) is 6.40. The molecule has 0 saturated carbocycles. The molecule has 7 heterocycles. The highest BCUT2D eigenvalue weighted by Gasteiger charge is 2.38. The number of aliphatic hydroxyl groups is 1. The van der Waals surface area contributed by atoms with Crippen molar-refractivity contribution in [2.24, 2.45) is 12.5 Å². The topological polar surface area (TPSA) is 150 Å². The Hall–Kier alpha value is -5.31. The van der Waals surface area contributed by atoms with Crippen LogP contribution in [0.1, 0.15) is 48.1 Å². The maximum Gasteiger partial charge on any atom is 0.276 e. The summed E-state index contributed by atoms with van der Waals surface area (Å²) in [5.41, 5.74) is 5.79. The van der Waals surface area contributed by atoms with E-state index in [2.05, 4.69) is 57.3 Å². The molecule has 282 valence electrons. The lowest BCUT2D eigenvalue weighted by Gasteiger charge is -2.46. The molecular weight excluding hydrogens is 686 g/mol. The Balaban J connectivity index is 1.08. The fourth-order valence-electron chi connectivity index (χ4n) is 8.46. The van der Waals surface area contributed by atoms with Crippen molar-refractivity contribution >= 4 is 40.6 Å². The van der Waals surface area contributed by atoms with Gasteiger partial charge in [-0.1, -0.05) is 20.4 Å². The molecule has 14 heteroatoms. The van der Waals surface area contributed by atoms with Gasteiger partial charge in [-0.15, -0.1) is 0 Å². The number of nitrogens with zero attached hydrogens (tertiary/aromatic N) is 7. The van der Waals surface area contributed by atoms with Gasteiger partial charge in [0.05, 0.1) is 31.5 Å². The first-order chi connectivity index (χ1) is 25.9. The van der Waals surface area contributed by atoms with Crippen LogP contribution in [0.2, 0.25) is 0 Å². The number of rotatable bonds is 9. The Bertz CT molecular complexity index is 2220. The number of ether oxygens (including phenoxy) is 1. The van der Waals surface area contributed by atoms with Gasteiger partial charge < -0.3 is 34.5 Å². The van der Waals surface area contributed by atoms with Gasteiger partial charge in [0.15, 0.2) is 5.82 Å². The molecule has 4 aliphatic rings. The van der Waals surface area contributed by atoms with Crippen LogP contribution < -0.4 is 26.0 Å². The SMILES string of the molecule is C=CC(=O)Nc1nc(Nc2cc(-c3ccnc(N4CCn5c(cc6c5CC(C)(C)C6)C4=O)c3CO)cn(C)c2=O)ccc1N1CCN(C2COC2)CC1C. The number of anilines is 5. The molecule has 1 aliphatic carbocycles. The number of carbonyl (C=O) groups excluding carboxylic acids is 2. The molecule has 0 bridgehead atoms. The van der Waals surface area contributed by atoms with Gasteiger partial charge in [0.2, 0.25) is 5.91 Å². The minimum Gasteiger partial charge on any atom is -0.392 e. The largest absolute Gasteiger partial charge is 0.392 e. The fourth-order valence-corrected chi connectivity index (χ4v) is 8.46. The van der Waals surface area contributed by atoms with E-state index < -0.39 is 5.91 Å². The number of carbonyl (C=O) groups is 2. The zero-order chi connectivity index (χ0) is 37.9. The van der Waals surface area contributed by atoms with Crippen molar-refractivity contribution in [2.45, 2.75) is 58.8 Å². The monoisotopic (exact) mass is 733 g/mol. The molecule has 0 aromatic carbocycles. The number of fused-ring (bicyclic) bond motifs is 3. The average Bonchev–Trinajstić information content (AvgIpc) is 3.61. The first kappa shape index (κ1) is 35.7. The average molecular weight is 734 g/mol. The molecule has 54 heavy (non-hydrogen) atoms. The normalized spacial score (nSPS) is 19.6. The van der Waals surface area contributed by atoms with Crippen LogP contribution in [0.25, 0.3) is 11.1 Å². The van der Waals surface area contributed by atoms with Crippen LogP contribution in [0.3, 0.4) is 0 Å². The van der Waals surface area contributed by atoms with Crippen molar-refractivity contribution in [1.82, 2.24) is 24.0 Å². The molecule has 0 radical (unpaired) electrons. The van der Waals surface area contributed by atoms with Crippen LogP contribution in [0, 0.1) is 5.41 Å². The van der Waals surface area contributed by atoms with Crippen LogP contribution in [-0.4, -0.2) is 92.4 Å². The number of aryl methyl sites for hydroxylation is 1. The number of hydrogen-bond acceptors (Lipinski definition) is 10. The van der Waals surface area contributed by atoms with Crippen LogP contribution in [0.4, 0.5) is 28.8 Å². The summed E-state index contributed by atoms with van der Waals surface area (Å²) in [5, 5.41) is 16.8. The van der Waals surface area contributed by atoms with E-state index in [1.807, 2.05) is 12.1 Å². The van der Waals surface area contributed by atoms with E-state index in [9.17, 15) is 19.5 Å². The predicted octanol–water partition coefficient (Wildman–Crippen LogP) is 3.70. The van der Waals surface area contributed by atoms with Crippen LogP contribution in [-0.2, 0) is 42.6 Å². The van der Waals surface area contributed by atoms with Gasteiger partial charge in [0.25, 0.3) is 11.5 Å². The number of aromatic nitrogens is 4. The minimum atomic E-state index is -0.393. The third-order valence-electron chi connectivity index (χ3n) is 11.2. The molecule has 1 unspecified atom stereocenters. The van der Waals surface area contributed by atoms with Crippen molar-refractivity contribution in [3.05, 3.63) is 88.2 Å². The lowest BCUT2D eigenvalue weighted by Crippen LogP contribution is -2.59. The van der Waals surface area contributed by atoms with E-state index in [-0.39, 0.29) is 35.2 Å². The molecule has 2 amide bonds. The quantitative estimate of drug-likeness (QED) is 0.218. The molecule has 4 aromatic heterocycles. The molecule has 14 nitrogen and oxygen atoms in total. The summed E-state index contributed by atoms with van der Waals surface area (Å²) in [7, 11) is 1.66. The first-order valence-electron chi connectivity index (χ1n) is 18.6. The van der Waals surface area contributed by atoms with Gasteiger partial charge in [0.1, 0.15) is 23.0 Å². The zero-order valence-electron chi connectivity index (χ0n) is 31.3. The minimum absolute atomic E-state index is 0.145. The zero-order valence-corrected chi connectivity index (χ0v) is 31.3. The first-order valence-corrected chi connectivity index (χ1v) is 18.6. The maximum absolute atomic E-state index is 13.9. The third-order valence-corrected chi connectivity index (χ3v) is 11.2. The van der Waals surface area contributed by atoms with Crippen molar-refractivity contribution in [2.75, 3.05) is 59.8 Å². The van der Waals surface area contributed by atoms with Crippen molar-refractivity contribution < 1.29 is 19.4 Å². The summed E-state index contributed by atoms with van der Waals surface area (Å²) >= 11 is 0. The summed E-state index contributed by atoms with van der Waals surface area (Å²) in [5.74, 6) is 0.578. The Morgan fingerprint density at radius 1 is 1.11 bits per heavy atom. The highest BCUT2D eigenvalue weighted by Crippen LogP contribution is 2.40. The van der Waals surface area contributed by atoms with Gasteiger partial charge in [-0.3, -0.25) is 24.2 Å². The van der Waals surface area contributed by atoms with Gasteiger partial charge >= 0.3 is 0 Å². The second-order valence-electron chi connectivity index (χ2n) is 15.6.